The van der Waals surface area contributed by atoms with Crippen molar-refractivity contribution in [2.75, 3.05) is 0 Å². The highest BCUT2D eigenvalue weighted by Gasteiger charge is 2.09. The Kier molecular flexibility index (Phi) is 6.68. The maximum absolute atomic E-state index is 11.7. The van der Waals surface area contributed by atoms with E-state index in [4.69, 9.17) is 0 Å². The third-order valence-corrected chi connectivity index (χ3v) is 3.21. The number of hydrogen-bond donors (Lipinski definition) is 1. The summed E-state index contributed by atoms with van der Waals surface area (Å²) >= 11 is 0. The minimum absolute atomic E-state index is 0.104. The van der Waals surface area contributed by atoms with Gasteiger partial charge in [-0.3, -0.25) is 9.48 Å². The van der Waals surface area contributed by atoms with Crippen molar-refractivity contribution < 1.29 is 4.79 Å². The summed E-state index contributed by atoms with van der Waals surface area (Å²) in [6, 6.07) is 0. The molecule has 0 radical (unpaired) electrons. The number of carbonyl (C=O) groups excluding carboxylic acids is 1. The molecular formula is C15H28N4O. The van der Waals surface area contributed by atoms with Crippen molar-refractivity contribution in [3.05, 3.63) is 11.9 Å². The van der Waals surface area contributed by atoms with Crippen molar-refractivity contribution in [3.8, 4) is 0 Å². The molecule has 1 amide bonds. The normalized spacial score (nSPS) is 11.6. The van der Waals surface area contributed by atoms with Gasteiger partial charge in [-0.15, -0.1) is 5.10 Å². The molecule has 1 aromatic heterocycles. The molecular weight excluding hydrogens is 252 g/mol. The van der Waals surface area contributed by atoms with E-state index in [0.717, 1.165) is 25.1 Å². The first kappa shape index (κ1) is 16.7. The lowest BCUT2D eigenvalue weighted by atomic mass is 9.89. The van der Waals surface area contributed by atoms with E-state index < -0.39 is 0 Å². The number of hydrogen-bond acceptors (Lipinski definition) is 3. The average molecular weight is 280 g/mol. The molecule has 5 nitrogen and oxygen atoms in total. The number of amides is 1. The van der Waals surface area contributed by atoms with Crippen LogP contribution in [0.15, 0.2) is 6.20 Å². The molecule has 1 N–H and O–H groups in total. The zero-order chi connectivity index (χ0) is 15.0. The summed E-state index contributed by atoms with van der Waals surface area (Å²) in [6.07, 6.45) is 6.96. The fraction of sp³-hybridized carbons (Fsp3) is 0.800. The van der Waals surface area contributed by atoms with Crippen LogP contribution in [0.1, 0.15) is 65.5 Å². The van der Waals surface area contributed by atoms with E-state index in [-0.39, 0.29) is 5.91 Å². The van der Waals surface area contributed by atoms with Crippen LogP contribution in [-0.2, 0) is 17.9 Å². The quantitative estimate of drug-likeness (QED) is 0.745. The van der Waals surface area contributed by atoms with Crippen LogP contribution in [0.5, 0.6) is 0 Å². The fourth-order valence-corrected chi connectivity index (χ4v) is 1.97. The molecule has 20 heavy (non-hydrogen) atoms. The number of rotatable bonds is 8. The van der Waals surface area contributed by atoms with E-state index >= 15 is 0 Å². The second kappa shape index (κ2) is 8.02. The number of aryl methyl sites for hydroxylation is 1. The van der Waals surface area contributed by atoms with Crippen molar-refractivity contribution in [2.24, 2.45) is 5.41 Å². The summed E-state index contributed by atoms with van der Waals surface area (Å²) in [7, 11) is 0. The van der Waals surface area contributed by atoms with Crippen LogP contribution in [0.3, 0.4) is 0 Å². The molecule has 1 rings (SSSR count). The molecule has 0 saturated carbocycles. The lowest BCUT2D eigenvalue weighted by Gasteiger charge is -2.17. The topological polar surface area (TPSA) is 59.8 Å². The molecule has 1 aromatic rings. The molecule has 0 aliphatic carbocycles. The first-order valence-corrected chi connectivity index (χ1v) is 7.56. The van der Waals surface area contributed by atoms with Gasteiger partial charge in [-0.2, -0.15) is 0 Å². The lowest BCUT2D eigenvalue weighted by Crippen LogP contribution is -2.22. The van der Waals surface area contributed by atoms with Crippen LogP contribution < -0.4 is 5.32 Å². The van der Waals surface area contributed by atoms with Gasteiger partial charge in [0, 0.05) is 13.0 Å². The highest BCUT2D eigenvalue weighted by Crippen LogP contribution is 2.22. The molecule has 0 spiro atoms. The van der Waals surface area contributed by atoms with E-state index in [9.17, 15) is 4.79 Å². The summed E-state index contributed by atoms with van der Waals surface area (Å²) in [6.45, 7) is 10.0. The number of nitrogens with one attached hydrogen (secondary N) is 1. The third-order valence-electron chi connectivity index (χ3n) is 3.21. The largest absolute Gasteiger partial charge is 0.350 e. The Balaban J connectivity index is 2.08. The minimum Gasteiger partial charge on any atom is -0.350 e. The minimum atomic E-state index is 0.104. The van der Waals surface area contributed by atoms with Gasteiger partial charge < -0.3 is 5.32 Å². The zero-order valence-electron chi connectivity index (χ0n) is 13.3. The summed E-state index contributed by atoms with van der Waals surface area (Å²) in [5, 5.41) is 10.8. The smallest absolute Gasteiger partial charge is 0.220 e. The maximum Gasteiger partial charge on any atom is 0.220 e. The Morgan fingerprint density at radius 3 is 2.65 bits per heavy atom. The van der Waals surface area contributed by atoms with Gasteiger partial charge in [0.1, 0.15) is 5.69 Å². The van der Waals surface area contributed by atoms with E-state index in [0.29, 0.717) is 18.4 Å². The van der Waals surface area contributed by atoms with Crippen LogP contribution in [0.2, 0.25) is 0 Å². The van der Waals surface area contributed by atoms with Crippen molar-refractivity contribution in [2.45, 2.75) is 72.9 Å². The van der Waals surface area contributed by atoms with Gasteiger partial charge in [0.05, 0.1) is 12.7 Å². The molecule has 0 bridgehead atoms. The Hall–Kier alpha value is -1.39. The van der Waals surface area contributed by atoms with Crippen LogP contribution in [-0.4, -0.2) is 20.9 Å². The van der Waals surface area contributed by atoms with Gasteiger partial charge in [0.2, 0.25) is 5.91 Å². The van der Waals surface area contributed by atoms with Crippen molar-refractivity contribution in [1.29, 1.82) is 0 Å². The molecule has 0 atom stereocenters. The van der Waals surface area contributed by atoms with E-state index in [1.165, 1.54) is 12.8 Å². The van der Waals surface area contributed by atoms with Gasteiger partial charge in [0.25, 0.3) is 0 Å². The fourth-order valence-electron chi connectivity index (χ4n) is 1.97. The number of carbonyl (C=O) groups is 1. The highest BCUT2D eigenvalue weighted by atomic mass is 16.1. The van der Waals surface area contributed by atoms with Crippen LogP contribution >= 0.6 is 0 Å². The monoisotopic (exact) mass is 280 g/mol. The maximum atomic E-state index is 11.7. The van der Waals surface area contributed by atoms with Crippen LogP contribution in [0.4, 0.5) is 0 Å². The number of unbranched alkanes of at least 4 members (excludes halogenated alkanes) is 2. The first-order chi connectivity index (χ1) is 9.40. The molecule has 0 aromatic carbocycles. The third kappa shape index (κ3) is 7.26. The summed E-state index contributed by atoms with van der Waals surface area (Å²) in [5.74, 6) is 0.104. The Labute approximate surface area is 122 Å². The predicted molar refractivity (Wildman–Crippen MR) is 80.1 cm³/mol. The van der Waals surface area contributed by atoms with Gasteiger partial charge in [-0.05, 0) is 25.2 Å². The molecule has 0 fully saturated rings. The number of nitrogens with zero attached hydrogens (tertiary/aromatic N) is 3. The summed E-state index contributed by atoms with van der Waals surface area (Å²) in [4.78, 5) is 11.7. The first-order valence-electron chi connectivity index (χ1n) is 7.56. The summed E-state index contributed by atoms with van der Waals surface area (Å²) < 4.78 is 1.76. The van der Waals surface area contributed by atoms with E-state index in [1.807, 2.05) is 13.1 Å². The average Bonchev–Trinajstić information content (AvgIpc) is 2.82. The van der Waals surface area contributed by atoms with Gasteiger partial charge in [-0.25, -0.2) is 0 Å². The molecule has 0 unspecified atom stereocenters. The van der Waals surface area contributed by atoms with E-state index in [2.05, 4.69) is 36.4 Å². The Morgan fingerprint density at radius 2 is 2.05 bits per heavy atom. The molecule has 114 valence electrons. The van der Waals surface area contributed by atoms with Crippen LogP contribution in [0, 0.1) is 5.41 Å². The van der Waals surface area contributed by atoms with E-state index in [1.54, 1.807) is 4.68 Å². The second-order valence-electron chi connectivity index (χ2n) is 6.46. The zero-order valence-corrected chi connectivity index (χ0v) is 13.3. The van der Waals surface area contributed by atoms with Crippen LogP contribution in [0.25, 0.3) is 0 Å². The molecule has 5 heteroatoms. The second-order valence-corrected chi connectivity index (χ2v) is 6.46. The van der Waals surface area contributed by atoms with Gasteiger partial charge >= 0.3 is 0 Å². The number of aromatic nitrogens is 3. The highest BCUT2D eigenvalue weighted by molar-refractivity contribution is 5.75. The Morgan fingerprint density at radius 1 is 1.30 bits per heavy atom. The van der Waals surface area contributed by atoms with Gasteiger partial charge in [0.15, 0.2) is 0 Å². The molecule has 0 aliphatic heterocycles. The molecule has 0 saturated heterocycles. The predicted octanol–water partition coefficient (Wildman–Crippen LogP) is 2.91. The SMILES string of the molecule is CCn1cc(CNC(=O)CCCCCC(C)(C)C)nn1. The van der Waals surface area contributed by atoms with Crippen molar-refractivity contribution in [1.82, 2.24) is 20.3 Å². The standard InChI is InChI=1S/C15H28N4O/c1-5-19-12-13(17-18-19)11-16-14(20)9-7-6-8-10-15(2,3)4/h12H,5-11H2,1-4H3,(H,16,20). The lowest BCUT2D eigenvalue weighted by molar-refractivity contribution is -0.121. The molecule has 0 aliphatic rings. The van der Waals surface area contributed by atoms with Gasteiger partial charge in [-0.1, -0.05) is 38.8 Å². The molecule has 1 heterocycles. The van der Waals surface area contributed by atoms with Crippen molar-refractivity contribution in [3.63, 3.8) is 0 Å². The van der Waals surface area contributed by atoms with Crippen molar-refractivity contribution >= 4 is 5.91 Å². The Bertz CT molecular complexity index is 406. The summed E-state index contributed by atoms with van der Waals surface area (Å²) in [5.41, 5.74) is 1.21.